The molecule has 1 amide bonds. The lowest BCUT2D eigenvalue weighted by Crippen LogP contribution is -2.48. The van der Waals surface area contributed by atoms with Crippen molar-refractivity contribution in [1.29, 1.82) is 0 Å². The van der Waals surface area contributed by atoms with Crippen molar-refractivity contribution in [2.45, 2.75) is 26.1 Å². The summed E-state index contributed by atoms with van der Waals surface area (Å²) in [4.78, 5) is 17.9. The highest BCUT2D eigenvalue weighted by Gasteiger charge is 2.23. The van der Waals surface area contributed by atoms with E-state index in [2.05, 4.69) is 15.2 Å². The summed E-state index contributed by atoms with van der Waals surface area (Å²) in [5, 5.41) is 2.86. The zero-order chi connectivity index (χ0) is 13.0. The van der Waals surface area contributed by atoms with Gasteiger partial charge in [0.1, 0.15) is 0 Å². The van der Waals surface area contributed by atoms with Gasteiger partial charge in [0.25, 0.3) is 0 Å². The third-order valence-electron chi connectivity index (χ3n) is 2.83. The Bertz CT molecular complexity index is 386. The van der Waals surface area contributed by atoms with E-state index in [9.17, 15) is 4.79 Å². The van der Waals surface area contributed by atoms with E-state index in [0.717, 1.165) is 18.8 Å². The summed E-state index contributed by atoms with van der Waals surface area (Å²) < 4.78 is 5.63. The van der Waals surface area contributed by atoms with Crippen LogP contribution in [0.5, 0.6) is 0 Å². The highest BCUT2D eigenvalue weighted by molar-refractivity contribution is 5.92. The van der Waals surface area contributed by atoms with Gasteiger partial charge < -0.3 is 10.1 Å². The second-order valence-corrected chi connectivity index (χ2v) is 4.74. The Morgan fingerprint density at radius 1 is 1.39 bits per heavy atom. The monoisotopic (exact) mass is 249 g/mol. The number of pyridine rings is 1. The minimum absolute atomic E-state index is 0.00231. The first-order valence-corrected chi connectivity index (χ1v) is 6.21. The molecule has 1 fully saturated rings. The second kappa shape index (κ2) is 5.93. The van der Waals surface area contributed by atoms with Gasteiger partial charge in [-0.3, -0.25) is 14.7 Å². The summed E-state index contributed by atoms with van der Waals surface area (Å²) in [5.74, 6) is 0.00231. The first-order valence-electron chi connectivity index (χ1n) is 6.21. The molecular formula is C13H19N3O2. The van der Waals surface area contributed by atoms with Gasteiger partial charge in [0.2, 0.25) is 5.91 Å². The van der Waals surface area contributed by atoms with E-state index >= 15 is 0 Å². The molecule has 1 saturated heterocycles. The number of anilines is 1. The number of nitrogens with zero attached hydrogens (tertiary/aromatic N) is 2. The maximum absolute atomic E-state index is 11.9. The summed E-state index contributed by atoms with van der Waals surface area (Å²) in [6.07, 6.45) is 3.69. The van der Waals surface area contributed by atoms with E-state index in [1.165, 1.54) is 0 Å². The molecule has 2 rings (SSSR count). The fraction of sp³-hybridized carbons (Fsp3) is 0.538. The lowest BCUT2D eigenvalue weighted by Gasteiger charge is -2.34. The number of carbonyl (C=O) groups excluding carboxylic acids is 1. The van der Waals surface area contributed by atoms with Crippen LogP contribution < -0.4 is 5.32 Å². The van der Waals surface area contributed by atoms with Crippen LogP contribution in [-0.4, -0.2) is 47.6 Å². The molecule has 1 aliphatic heterocycles. The molecule has 0 bridgehead atoms. The van der Waals surface area contributed by atoms with Gasteiger partial charge in [-0.25, -0.2) is 0 Å². The molecule has 5 heteroatoms. The molecule has 0 saturated carbocycles. The fourth-order valence-corrected chi connectivity index (χ4v) is 2.25. The van der Waals surface area contributed by atoms with E-state index in [1.54, 1.807) is 24.5 Å². The number of nitrogens with one attached hydrogen (secondary N) is 1. The lowest BCUT2D eigenvalue weighted by molar-refractivity contribution is -0.121. The van der Waals surface area contributed by atoms with Crippen molar-refractivity contribution in [3.63, 3.8) is 0 Å². The molecule has 1 N–H and O–H groups in total. The van der Waals surface area contributed by atoms with Gasteiger partial charge >= 0.3 is 0 Å². The smallest absolute Gasteiger partial charge is 0.238 e. The normalized spacial score (nSPS) is 24.8. The maximum Gasteiger partial charge on any atom is 0.238 e. The van der Waals surface area contributed by atoms with Gasteiger partial charge in [-0.1, -0.05) is 0 Å². The van der Waals surface area contributed by atoms with E-state index in [-0.39, 0.29) is 18.1 Å². The van der Waals surface area contributed by atoms with Gasteiger partial charge in [0.15, 0.2) is 0 Å². The Hall–Kier alpha value is -1.46. The number of amides is 1. The zero-order valence-electron chi connectivity index (χ0n) is 10.8. The minimum Gasteiger partial charge on any atom is -0.373 e. The van der Waals surface area contributed by atoms with Crippen LogP contribution in [0, 0.1) is 0 Å². The zero-order valence-corrected chi connectivity index (χ0v) is 10.8. The van der Waals surface area contributed by atoms with Crippen LogP contribution in [-0.2, 0) is 9.53 Å². The van der Waals surface area contributed by atoms with E-state index < -0.39 is 0 Å². The molecule has 1 aromatic rings. The minimum atomic E-state index is 0.00231. The molecule has 98 valence electrons. The van der Waals surface area contributed by atoms with E-state index in [1.807, 2.05) is 13.8 Å². The van der Waals surface area contributed by atoms with Crippen molar-refractivity contribution in [3.8, 4) is 0 Å². The Labute approximate surface area is 107 Å². The van der Waals surface area contributed by atoms with Gasteiger partial charge in [-0.15, -0.1) is 0 Å². The van der Waals surface area contributed by atoms with Crippen LogP contribution in [0.2, 0.25) is 0 Å². The molecule has 0 radical (unpaired) electrons. The quantitative estimate of drug-likeness (QED) is 0.872. The van der Waals surface area contributed by atoms with Crippen LogP contribution in [0.15, 0.2) is 24.5 Å². The lowest BCUT2D eigenvalue weighted by atomic mass is 10.2. The van der Waals surface area contributed by atoms with Gasteiger partial charge in [0.05, 0.1) is 18.8 Å². The van der Waals surface area contributed by atoms with Crippen LogP contribution in [0.3, 0.4) is 0 Å². The van der Waals surface area contributed by atoms with E-state index in [4.69, 9.17) is 4.74 Å². The maximum atomic E-state index is 11.9. The highest BCUT2D eigenvalue weighted by atomic mass is 16.5. The molecule has 2 atom stereocenters. The van der Waals surface area contributed by atoms with Gasteiger partial charge in [-0.2, -0.15) is 0 Å². The number of hydrogen-bond donors (Lipinski definition) is 1. The molecule has 1 aliphatic rings. The first-order chi connectivity index (χ1) is 8.63. The molecule has 1 aromatic heterocycles. The third-order valence-corrected chi connectivity index (χ3v) is 2.83. The number of hydrogen-bond acceptors (Lipinski definition) is 4. The Balaban J connectivity index is 1.84. The van der Waals surface area contributed by atoms with Crippen LogP contribution >= 0.6 is 0 Å². The molecule has 5 nitrogen and oxygen atoms in total. The third kappa shape index (κ3) is 3.78. The van der Waals surface area contributed by atoms with Crippen molar-refractivity contribution in [2.75, 3.05) is 25.0 Å². The molecule has 18 heavy (non-hydrogen) atoms. The number of carbonyl (C=O) groups is 1. The largest absolute Gasteiger partial charge is 0.373 e. The summed E-state index contributed by atoms with van der Waals surface area (Å²) >= 11 is 0. The highest BCUT2D eigenvalue weighted by Crippen LogP contribution is 2.10. The van der Waals surface area contributed by atoms with Crippen molar-refractivity contribution in [3.05, 3.63) is 24.5 Å². The van der Waals surface area contributed by atoms with Crippen LogP contribution in [0.4, 0.5) is 5.69 Å². The molecule has 0 aromatic carbocycles. The van der Waals surface area contributed by atoms with Crippen molar-refractivity contribution < 1.29 is 9.53 Å². The number of aromatic nitrogens is 1. The molecule has 2 unspecified atom stereocenters. The standard InChI is InChI=1S/C13H19N3O2/c1-10-7-16(8-11(2)18-10)9-13(17)15-12-3-5-14-6-4-12/h3-6,10-11H,7-9H2,1-2H3,(H,14,15,17). The summed E-state index contributed by atoms with van der Waals surface area (Å²) in [5.41, 5.74) is 0.782. The van der Waals surface area contributed by atoms with Crippen molar-refractivity contribution in [2.24, 2.45) is 0 Å². The molecule has 2 heterocycles. The van der Waals surface area contributed by atoms with Crippen molar-refractivity contribution >= 4 is 11.6 Å². The Morgan fingerprint density at radius 3 is 2.61 bits per heavy atom. The average Bonchev–Trinajstić information content (AvgIpc) is 2.28. The van der Waals surface area contributed by atoms with Gasteiger partial charge in [-0.05, 0) is 26.0 Å². The van der Waals surface area contributed by atoms with Crippen LogP contribution in [0.1, 0.15) is 13.8 Å². The van der Waals surface area contributed by atoms with Crippen LogP contribution in [0.25, 0.3) is 0 Å². The van der Waals surface area contributed by atoms with Gasteiger partial charge in [0, 0.05) is 31.2 Å². The first kappa shape index (κ1) is 13.0. The number of morpholine rings is 1. The predicted molar refractivity (Wildman–Crippen MR) is 69.3 cm³/mol. The summed E-state index contributed by atoms with van der Waals surface area (Å²) in [7, 11) is 0. The molecule has 0 spiro atoms. The topological polar surface area (TPSA) is 54.5 Å². The summed E-state index contributed by atoms with van der Waals surface area (Å²) in [6, 6.07) is 3.56. The summed E-state index contributed by atoms with van der Waals surface area (Å²) in [6.45, 7) is 6.06. The Kier molecular flexibility index (Phi) is 4.28. The predicted octanol–water partition coefficient (Wildman–Crippen LogP) is 1.13. The van der Waals surface area contributed by atoms with E-state index in [0.29, 0.717) is 6.54 Å². The average molecular weight is 249 g/mol. The Morgan fingerprint density at radius 2 is 2.00 bits per heavy atom. The molecule has 0 aliphatic carbocycles. The SMILES string of the molecule is CC1CN(CC(=O)Nc2ccncc2)CC(C)O1. The number of rotatable bonds is 3. The molecular weight excluding hydrogens is 230 g/mol. The number of ether oxygens (including phenoxy) is 1. The fourth-order valence-electron chi connectivity index (χ4n) is 2.25. The second-order valence-electron chi connectivity index (χ2n) is 4.74. The van der Waals surface area contributed by atoms with Crippen molar-refractivity contribution in [1.82, 2.24) is 9.88 Å².